The second kappa shape index (κ2) is 4.32. The predicted octanol–water partition coefficient (Wildman–Crippen LogP) is 1.20. The summed E-state index contributed by atoms with van der Waals surface area (Å²) in [5.74, 6) is 1.21. The molecule has 0 fully saturated rings. The van der Waals surface area contributed by atoms with Gasteiger partial charge in [0, 0.05) is 0 Å². The highest BCUT2D eigenvalue weighted by Gasteiger charge is 2.15. The summed E-state index contributed by atoms with van der Waals surface area (Å²) in [6.07, 6.45) is 0.589. The molecule has 0 radical (unpaired) electrons. The van der Waals surface area contributed by atoms with Crippen LogP contribution < -0.4 is 4.74 Å². The van der Waals surface area contributed by atoms with Crippen LogP contribution in [0.1, 0.15) is 23.1 Å². The maximum Gasteiger partial charge on any atom is 0.157 e. The molecule has 2 rings (SSSR count). The van der Waals surface area contributed by atoms with Crippen molar-refractivity contribution in [3.63, 3.8) is 0 Å². The molecule has 2 aromatic rings. The van der Waals surface area contributed by atoms with Crippen molar-refractivity contribution >= 4 is 0 Å². The van der Waals surface area contributed by atoms with Crippen molar-refractivity contribution < 1.29 is 9.84 Å². The number of hydrogen-bond acceptors (Lipinski definition) is 4. The van der Waals surface area contributed by atoms with Gasteiger partial charge in [-0.25, -0.2) is 4.98 Å². The van der Waals surface area contributed by atoms with Crippen LogP contribution in [0.15, 0.2) is 24.5 Å². The van der Waals surface area contributed by atoms with Gasteiger partial charge in [0.05, 0.1) is 7.11 Å². The van der Waals surface area contributed by atoms with Crippen molar-refractivity contribution in [3.05, 3.63) is 41.5 Å². The van der Waals surface area contributed by atoms with Gasteiger partial charge in [0.2, 0.25) is 0 Å². The van der Waals surface area contributed by atoms with Crippen LogP contribution in [0.5, 0.6) is 5.75 Å². The van der Waals surface area contributed by atoms with E-state index >= 15 is 0 Å². The van der Waals surface area contributed by atoms with E-state index in [1.807, 2.05) is 25.1 Å². The van der Waals surface area contributed by atoms with Gasteiger partial charge in [-0.2, -0.15) is 5.10 Å². The summed E-state index contributed by atoms with van der Waals surface area (Å²) in [5.41, 5.74) is 1.74. The van der Waals surface area contributed by atoms with E-state index in [4.69, 9.17) is 4.74 Å². The number of nitrogens with one attached hydrogen (secondary N) is 1. The quantitative estimate of drug-likeness (QED) is 0.813. The van der Waals surface area contributed by atoms with Gasteiger partial charge >= 0.3 is 0 Å². The Morgan fingerprint density at radius 1 is 1.44 bits per heavy atom. The molecule has 0 aliphatic heterocycles. The van der Waals surface area contributed by atoms with Gasteiger partial charge < -0.3 is 9.84 Å². The third-order valence-electron chi connectivity index (χ3n) is 2.46. The number of rotatable bonds is 3. The molecule has 0 bridgehead atoms. The topological polar surface area (TPSA) is 71.0 Å². The fourth-order valence-electron chi connectivity index (χ4n) is 1.58. The Hall–Kier alpha value is -1.88. The van der Waals surface area contributed by atoms with E-state index in [0.29, 0.717) is 5.82 Å². The number of methoxy groups -OCH3 is 1. The summed E-state index contributed by atoms with van der Waals surface area (Å²) in [6.45, 7) is 1.91. The Balaban J connectivity index is 2.34. The Kier molecular flexibility index (Phi) is 2.87. The van der Waals surface area contributed by atoms with Gasteiger partial charge in [-0.3, -0.25) is 5.10 Å². The summed E-state index contributed by atoms with van der Waals surface area (Å²) in [4.78, 5) is 3.93. The first-order valence-corrected chi connectivity index (χ1v) is 4.90. The number of aryl methyl sites for hydroxylation is 1. The van der Waals surface area contributed by atoms with E-state index in [1.165, 1.54) is 6.33 Å². The zero-order valence-corrected chi connectivity index (χ0v) is 9.14. The van der Waals surface area contributed by atoms with E-state index in [2.05, 4.69) is 15.2 Å². The molecule has 1 atom stereocenters. The normalized spacial score (nSPS) is 12.4. The Labute approximate surface area is 93.1 Å². The molecule has 5 heteroatoms. The fourth-order valence-corrected chi connectivity index (χ4v) is 1.58. The SMILES string of the molecule is COc1ccc(C(O)c2ncn[nH]2)c(C)c1. The van der Waals surface area contributed by atoms with Gasteiger partial charge in [-0.15, -0.1) is 0 Å². The Morgan fingerprint density at radius 2 is 2.25 bits per heavy atom. The molecule has 0 saturated carbocycles. The molecule has 0 amide bonds. The highest BCUT2D eigenvalue weighted by Crippen LogP contribution is 2.25. The van der Waals surface area contributed by atoms with Crippen molar-refractivity contribution in [3.8, 4) is 5.75 Å². The molecular weight excluding hydrogens is 206 g/mol. The number of benzene rings is 1. The van der Waals surface area contributed by atoms with E-state index in [9.17, 15) is 5.11 Å². The standard InChI is InChI=1S/C11H13N3O2/c1-7-5-8(16-2)3-4-9(7)10(15)11-12-6-13-14-11/h3-6,10,15H,1-2H3,(H,12,13,14). The van der Waals surface area contributed by atoms with E-state index in [0.717, 1.165) is 16.9 Å². The van der Waals surface area contributed by atoms with E-state index in [-0.39, 0.29) is 0 Å². The minimum Gasteiger partial charge on any atom is -0.497 e. The molecule has 1 unspecified atom stereocenters. The summed E-state index contributed by atoms with van der Waals surface area (Å²) >= 11 is 0. The van der Waals surface area contributed by atoms with Crippen LogP contribution in [0.25, 0.3) is 0 Å². The summed E-state index contributed by atoms with van der Waals surface area (Å²) in [5, 5.41) is 16.4. The van der Waals surface area contributed by atoms with Crippen molar-refractivity contribution in [2.24, 2.45) is 0 Å². The molecule has 2 N–H and O–H groups in total. The van der Waals surface area contributed by atoms with E-state index in [1.54, 1.807) is 7.11 Å². The molecular formula is C11H13N3O2. The van der Waals surface area contributed by atoms with Crippen LogP contribution in [-0.4, -0.2) is 27.4 Å². The maximum absolute atomic E-state index is 10.1. The van der Waals surface area contributed by atoms with Gasteiger partial charge in [0.15, 0.2) is 5.82 Å². The lowest BCUT2D eigenvalue weighted by atomic mass is 10.0. The number of ether oxygens (including phenoxy) is 1. The van der Waals surface area contributed by atoms with Crippen LogP contribution in [0.2, 0.25) is 0 Å². The summed E-state index contributed by atoms with van der Waals surface area (Å²) in [6, 6.07) is 5.50. The lowest BCUT2D eigenvalue weighted by molar-refractivity contribution is 0.209. The molecule has 16 heavy (non-hydrogen) atoms. The van der Waals surface area contributed by atoms with Crippen LogP contribution >= 0.6 is 0 Å². The lowest BCUT2D eigenvalue weighted by Gasteiger charge is -2.12. The highest BCUT2D eigenvalue weighted by molar-refractivity contribution is 5.37. The van der Waals surface area contributed by atoms with Crippen LogP contribution in [0, 0.1) is 6.92 Å². The minimum absolute atomic E-state index is 0.438. The number of H-pyrrole nitrogens is 1. The molecule has 0 aliphatic rings. The van der Waals surface area contributed by atoms with Crippen LogP contribution in [-0.2, 0) is 0 Å². The van der Waals surface area contributed by atoms with Gasteiger partial charge in [0.25, 0.3) is 0 Å². The monoisotopic (exact) mass is 219 g/mol. The average Bonchev–Trinajstić information content (AvgIpc) is 2.81. The first-order chi connectivity index (χ1) is 7.72. The van der Waals surface area contributed by atoms with E-state index < -0.39 is 6.10 Å². The van der Waals surface area contributed by atoms with Crippen molar-refractivity contribution in [1.29, 1.82) is 0 Å². The van der Waals surface area contributed by atoms with Crippen LogP contribution in [0.4, 0.5) is 0 Å². The number of aromatic amines is 1. The average molecular weight is 219 g/mol. The Bertz CT molecular complexity index is 468. The third-order valence-corrected chi connectivity index (χ3v) is 2.46. The number of aromatic nitrogens is 3. The second-order valence-electron chi connectivity index (χ2n) is 3.50. The van der Waals surface area contributed by atoms with Crippen molar-refractivity contribution in [2.45, 2.75) is 13.0 Å². The number of nitrogens with zero attached hydrogens (tertiary/aromatic N) is 2. The largest absolute Gasteiger partial charge is 0.497 e. The first kappa shape index (κ1) is 10.6. The third kappa shape index (κ3) is 1.90. The van der Waals surface area contributed by atoms with Crippen molar-refractivity contribution in [1.82, 2.24) is 15.2 Å². The Morgan fingerprint density at radius 3 is 2.81 bits per heavy atom. The summed E-state index contributed by atoms with van der Waals surface area (Å²) in [7, 11) is 1.61. The predicted molar refractivity (Wildman–Crippen MR) is 58.2 cm³/mol. The number of hydrogen-bond donors (Lipinski definition) is 2. The first-order valence-electron chi connectivity index (χ1n) is 4.90. The molecule has 1 aromatic carbocycles. The number of aliphatic hydroxyl groups is 1. The van der Waals surface area contributed by atoms with Crippen LogP contribution in [0.3, 0.4) is 0 Å². The van der Waals surface area contributed by atoms with Gasteiger partial charge in [-0.05, 0) is 30.2 Å². The van der Waals surface area contributed by atoms with Gasteiger partial charge in [-0.1, -0.05) is 6.07 Å². The lowest BCUT2D eigenvalue weighted by Crippen LogP contribution is -2.04. The zero-order valence-electron chi connectivity index (χ0n) is 9.14. The molecule has 84 valence electrons. The molecule has 1 heterocycles. The van der Waals surface area contributed by atoms with Crippen molar-refractivity contribution in [2.75, 3.05) is 7.11 Å². The maximum atomic E-state index is 10.1. The molecule has 1 aromatic heterocycles. The minimum atomic E-state index is -0.784. The molecule has 0 spiro atoms. The zero-order chi connectivity index (χ0) is 11.5. The number of aliphatic hydroxyl groups excluding tert-OH is 1. The van der Waals surface area contributed by atoms with Gasteiger partial charge in [0.1, 0.15) is 18.2 Å². The molecule has 0 saturated heterocycles. The molecule has 0 aliphatic carbocycles. The molecule has 5 nitrogen and oxygen atoms in total. The summed E-state index contributed by atoms with van der Waals surface area (Å²) < 4.78 is 5.10. The highest BCUT2D eigenvalue weighted by atomic mass is 16.5. The second-order valence-corrected chi connectivity index (χ2v) is 3.50. The fraction of sp³-hybridized carbons (Fsp3) is 0.273. The smallest absolute Gasteiger partial charge is 0.157 e.